The lowest BCUT2D eigenvalue weighted by Crippen LogP contribution is -2.47. The van der Waals surface area contributed by atoms with Gasteiger partial charge in [-0.3, -0.25) is 0 Å². The van der Waals surface area contributed by atoms with Crippen molar-refractivity contribution in [2.24, 2.45) is 0 Å². The number of carbonyl (C=O) groups is 1. The highest BCUT2D eigenvalue weighted by molar-refractivity contribution is 9.10. The maximum atomic E-state index is 12.2. The first-order valence-electron chi connectivity index (χ1n) is 6.22. The third kappa shape index (κ3) is 3.84. The standard InChI is InChI=1S/C13H16BrClN2O2/c1-2-10-8-17(5-6-19-10)13(18)16-12-4-3-9(14)7-11(12)15/h3-4,7,10H,2,5-6,8H2,1H3,(H,16,18). The van der Waals surface area contributed by atoms with Crippen LogP contribution >= 0.6 is 27.5 Å². The van der Waals surface area contributed by atoms with Crippen LogP contribution in [-0.2, 0) is 4.74 Å². The van der Waals surface area contributed by atoms with E-state index in [9.17, 15) is 4.79 Å². The van der Waals surface area contributed by atoms with Gasteiger partial charge in [0, 0.05) is 17.6 Å². The van der Waals surface area contributed by atoms with Crippen LogP contribution in [0.2, 0.25) is 5.02 Å². The van der Waals surface area contributed by atoms with E-state index in [4.69, 9.17) is 16.3 Å². The SMILES string of the molecule is CCC1CN(C(=O)Nc2ccc(Br)cc2Cl)CCO1. The fourth-order valence-corrected chi connectivity index (χ4v) is 2.66. The van der Waals surface area contributed by atoms with Crippen LogP contribution in [0.25, 0.3) is 0 Å². The number of anilines is 1. The number of nitrogens with one attached hydrogen (secondary N) is 1. The van der Waals surface area contributed by atoms with Gasteiger partial charge in [0.05, 0.1) is 23.4 Å². The van der Waals surface area contributed by atoms with Crippen LogP contribution in [0, 0.1) is 0 Å². The van der Waals surface area contributed by atoms with Crippen molar-refractivity contribution in [3.05, 3.63) is 27.7 Å². The molecule has 6 heteroatoms. The molecule has 0 radical (unpaired) electrons. The summed E-state index contributed by atoms with van der Waals surface area (Å²) in [6, 6.07) is 5.24. The van der Waals surface area contributed by atoms with E-state index >= 15 is 0 Å². The average Bonchev–Trinajstić information content (AvgIpc) is 2.42. The summed E-state index contributed by atoms with van der Waals surface area (Å²) >= 11 is 9.41. The largest absolute Gasteiger partial charge is 0.375 e. The fourth-order valence-electron chi connectivity index (χ4n) is 1.94. The van der Waals surface area contributed by atoms with Gasteiger partial charge in [0.25, 0.3) is 0 Å². The Morgan fingerprint density at radius 2 is 2.42 bits per heavy atom. The Hall–Kier alpha value is -0.780. The van der Waals surface area contributed by atoms with Crippen LogP contribution in [0.3, 0.4) is 0 Å². The smallest absolute Gasteiger partial charge is 0.322 e. The average molecular weight is 348 g/mol. The van der Waals surface area contributed by atoms with Crippen LogP contribution < -0.4 is 5.32 Å². The Morgan fingerprint density at radius 1 is 1.63 bits per heavy atom. The lowest BCUT2D eigenvalue weighted by molar-refractivity contribution is -0.0134. The van der Waals surface area contributed by atoms with E-state index in [2.05, 4.69) is 28.2 Å². The Labute approximate surface area is 126 Å². The predicted octanol–water partition coefficient (Wildman–Crippen LogP) is 3.75. The summed E-state index contributed by atoms with van der Waals surface area (Å²) in [4.78, 5) is 13.9. The minimum Gasteiger partial charge on any atom is -0.375 e. The first kappa shape index (κ1) is 14.6. The topological polar surface area (TPSA) is 41.6 Å². The maximum Gasteiger partial charge on any atom is 0.322 e. The zero-order valence-electron chi connectivity index (χ0n) is 10.7. The third-order valence-corrected chi connectivity index (χ3v) is 3.86. The van der Waals surface area contributed by atoms with Crippen molar-refractivity contribution in [3.8, 4) is 0 Å². The monoisotopic (exact) mass is 346 g/mol. The number of ether oxygens (including phenoxy) is 1. The third-order valence-electron chi connectivity index (χ3n) is 3.05. The highest BCUT2D eigenvalue weighted by Gasteiger charge is 2.23. The summed E-state index contributed by atoms with van der Waals surface area (Å²) < 4.78 is 6.43. The second kappa shape index (κ2) is 6.59. The number of halogens is 2. The van der Waals surface area contributed by atoms with E-state index in [0.29, 0.717) is 30.4 Å². The second-order valence-corrected chi connectivity index (χ2v) is 5.72. The first-order valence-corrected chi connectivity index (χ1v) is 7.40. The minimum atomic E-state index is -0.133. The maximum absolute atomic E-state index is 12.2. The molecule has 1 aromatic rings. The summed E-state index contributed by atoms with van der Waals surface area (Å²) in [7, 11) is 0. The molecule has 2 amide bonds. The lowest BCUT2D eigenvalue weighted by atomic mass is 10.2. The molecule has 1 saturated heterocycles. The fraction of sp³-hybridized carbons (Fsp3) is 0.462. The Bertz CT molecular complexity index is 470. The van der Waals surface area contributed by atoms with Gasteiger partial charge in [-0.1, -0.05) is 34.5 Å². The van der Waals surface area contributed by atoms with Crippen LogP contribution in [0.1, 0.15) is 13.3 Å². The molecular formula is C13H16BrClN2O2. The molecule has 0 saturated carbocycles. The van der Waals surface area contributed by atoms with E-state index in [0.717, 1.165) is 10.9 Å². The first-order chi connectivity index (χ1) is 9.10. The van der Waals surface area contributed by atoms with Crippen LogP contribution in [-0.4, -0.2) is 36.7 Å². The molecule has 1 atom stereocenters. The predicted molar refractivity (Wildman–Crippen MR) is 79.8 cm³/mol. The van der Waals surface area contributed by atoms with Crippen LogP contribution in [0.4, 0.5) is 10.5 Å². The number of amides is 2. The Balaban J connectivity index is 2.00. The van der Waals surface area contributed by atoms with Gasteiger partial charge in [0.2, 0.25) is 0 Å². The molecule has 0 aliphatic carbocycles. The number of morpholine rings is 1. The van der Waals surface area contributed by atoms with E-state index < -0.39 is 0 Å². The number of carbonyl (C=O) groups excluding carboxylic acids is 1. The van der Waals surface area contributed by atoms with Crippen LogP contribution in [0.15, 0.2) is 22.7 Å². The van der Waals surface area contributed by atoms with Gasteiger partial charge in [-0.15, -0.1) is 0 Å². The lowest BCUT2D eigenvalue weighted by Gasteiger charge is -2.32. The van der Waals surface area contributed by atoms with E-state index in [1.807, 2.05) is 6.07 Å². The van der Waals surface area contributed by atoms with Crippen molar-refractivity contribution >= 4 is 39.2 Å². The van der Waals surface area contributed by atoms with E-state index in [1.165, 1.54) is 0 Å². The minimum absolute atomic E-state index is 0.125. The number of benzene rings is 1. The molecule has 19 heavy (non-hydrogen) atoms. The summed E-state index contributed by atoms with van der Waals surface area (Å²) in [6.45, 7) is 3.87. The Morgan fingerprint density at radius 3 is 3.11 bits per heavy atom. The number of rotatable bonds is 2. The summed E-state index contributed by atoms with van der Waals surface area (Å²) in [5.41, 5.74) is 0.620. The van der Waals surface area contributed by atoms with Gasteiger partial charge in [-0.25, -0.2) is 4.79 Å². The highest BCUT2D eigenvalue weighted by atomic mass is 79.9. The molecule has 1 fully saturated rings. The Kier molecular flexibility index (Phi) is 5.07. The second-order valence-electron chi connectivity index (χ2n) is 4.40. The van der Waals surface area contributed by atoms with Crippen molar-refractivity contribution < 1.29 is 9.53 Å². The van der Waals surface area contributed by atoms with E-state index in [1.54, 1.807) is 17.0 Å². The highest BCUT2D eigenvalue weighted by Crippen LogP contribution is 2.26. The molecule has 1 heterocycles. The quantitative estimate of drug-likeness (QED) is 0.885. The molecule has 1 aliphatic heterocycles. The van der Waals surface area contributed by atoms with Crippen molar-refractivity contribution in [3.63, 3.8) is 0 Å². The van der Waals surface area contributed by atoms with Crippen molar-refractivity contribution in [2.75, 3.05) is 25.0 Å². The summed E-state index contributed by atoms with van der Waals surface area (Å²) in [5.74, 6) is 0. The molecule has 0 bridgehead atoms. The van der Waals surface area contributed by atoms with Crippen LogP contribution in [0.5, 0.6) is 0 Å². The van der Waals surface area contributed by atoms with Gasteiger partial charge >= 0.3 is 6.03 Å². The molecule has 0 aromatic heterocycles. The molecule has 1 aromatic carbocycles. The summed E-state index contributed by atoms with van der Waals surface area (Å²) in [6.07, 6.45) is 1.03. The van der Waals surface area contributed by atoms with Gasteiger partial charge in [0.15, 0.2) is 0 Å². The summed E-state index contributed by atoms with van der Waals surface area (Å²) in [5, 5.41) is 3.35. The molecule has 104 valence electrons. The zero-order chi connectivity index (χ0) is 13.8. The van der Waals surface area contributed by atoms with Crippen molar-refractivity contribution in [2.45, 2.75) is 19.4 Å². The number of hydrogen-bond donors (Lipinski definition) is 1. The molecule has 1 unspecified atom stereocenters. The van der Waals surface area contributed by atoms with Gasteiger partial charge in [-0.2, -0.15) is 0 Å². The number of nitrogens with zero attached hydrogens (tertiary/aromatic N) is 1. The molecular weight excluding hydrogens is 332 g/mol. The van der Waals surface area contributed by atoms with Crippen molar-refractivity contribution in [1.82, 2.24) is 4.90 Å². The molecule has 1 aliphatic rings. The van der Waals surface area contributed by atoms with Gasteiger partial charge in [0.1, 0.15) is 0 Å². The normalized spacial score (nSPS) is 19.3. The van der Waals surface area contributed by atoms with Crippen molar-refractivity contribution in [1.29, 1.82) is 0 Å². The molecule has 1 N–H and O–H groups in total. The number of hydrogen-bond acceptors (Lipinski definition) is 2. The van der Waals surface area contributed by atoms with E-state index in [-0.39, 0.29) is 12.1 Å². The molecule has 4 nitrogen and oxygen atoms in total. The zero-order valence-corrected chi connectivity index (χ0v) is 13.0. The molecule has 2 rings (SSSR count). The van der Waals surface area contributed by atoms with Gasteiger partial charge in [-0.05, 0) is 24.6 Å². The number of urea groups is 1. The van der Waals surface area contributed by atoms with Gasteiger partial charge < -0.3 is 15.0 Å². The molecule has 0 spiro atoms.